The van der Waals surface area contributed by atoms with Gasteiger partial charge in [-0.25, -0.2) is 0 Å². The lowest BCUT2D eigenvalue weighted by Crippen LogP contribution is -2.11. The lowest BCUT2D eigenvalue weighted by atomic mass is 10.2. The molecule has 3 nitrogen and oxygen atoms in total. The van der Waals surface area contributed by atoms with Crippen LogP contribution >= 0.6 is 0 Å². The van der Waals surface area contributed by atoms with Gasteiger partial charge in [0.05, 0.1) is 17.4 Å². The number of terminal acetylenes is 1. The summed E-state index contributed by atoms with van der Waals surface area (Å²) < 4.78 is 1.77. The highest BCUT2D eigenvalue weighted by atomic mass is 16.1. The minimum Gasteiger partial charge on any atom is -0.320 e. The Morgan fingerprint density at radius 2 is 2.21 bits per heavy atom. The van der Waals surface area contributed by atoms with Crippen LogP contribution < -0.4 is 5.56 Å². The van der Waals surface area contributed by atoms with Crippen molar-refractivity contribution in [3.8, 4) is 12.3 Å². The van der Waals surface area contributed by atoms with E-state index in [-0.39, 0.29) is 5.56 Å². The molecule has 1 heterocycles. The molecule has 0 amide bonds. The van der Waals surface area contributed by atoms with E-state index in [2.05, 4.69) is 10.9 Å². The second-order valence-electron chi connectivity index (χ2n) is 2.90. The van der Waals surface area contributed by atoms with Crippen molar-refractivity contribution in [1.82, 2.24) is 9.55 Å². The molecular weight excluding hydrogens is 176 g/mol. The van der Waals surface area contributed by atoms with Crippen LogP contribution in [0.3, 0.4) is 0 Å². The first-order valence-electron chi connectivity index (χ1n) is 4.20. The van der Waals surface area contributed by atoms with Gasteiger partial charge in [0.15, 0.2) is 0 Å². The predicted octanol–water partition coefficient (Wildman–Crippen LogP) is 1.03. The Balaban J connectivity index is 2.83. The summed E-state index contributed by atoms with van der Waals surface area (Å²) in [5.74, 6) is 2.52. The quantitative estimate of drug-likeness (QED) is 0.620. The molecule has 0 aliphatic rings. The second kappa shape index (κ2) is 3.35. The van der Waals surface area contributed by atoms with Crippen LogP contribution in [-0.4, -0.2) is 9.55 Å². The van der Waals surface area contributed by atoms with Crippen molar-refractivity contribution in [2.24, 2.45) is 0 Å². The van der Waals surface area contributed by atoms with Gasteiger partial charge in [-0.3, -0.25) is 4.79 Å². The van der Waals surface area contributed by atoms with Crippen molar-refractivity contribution >= 4 is 10.9 Å². The van der Waals surface area contributed by atoms with Gasteiger partial charge in [-0.1, -0.05) is 18.1 Å². The summed E-state index contributed by atoms with van der Waals surface area (Å²) in [7, 11) is 0. The molecule has 1 aromatic carbocycles. The number of aromatic nitrogens is 2. The standard InChI is InChI=1S/C11H8N2O/c1-2-7-13-8-12-11(14)9-5-3-4-6-10(9)13/h1,3-6,8H,7H2. The first-order chi connectivity index (χ1) is 6.83. The maximum absolute atomic E-state index is 11.4. The van der Waals surface area contributed by atoms with E-state index in [1.807, 2.05) is 18.2 Å². The Hall–Kier alpha value is -2.08. The van der Waals surface area contributed by atoms with Gasteiger partial charge in [-0.15, -0.1) is 6.42 Å². The highest BCUT2D eigenvalue weighted by Crippen LogP contribution is 2.07. The first-order valence-corrected chi connectivity index (χ1v) is 4.20. The molecule has 0 atom stereocenters. The Bertz CT molecular complexity index is 563. The van der Waals surface area contributed by atoms with E-state index in [0.29, 0.717) is 11.9 Å². The summed E-state index contributed by atoms with van der Waals surface area (Å²) in [6, 6.07) is 7.29. The van der Waals surface area contributed by atoms with E-state index in [1.165, 1.54) is 6.33 Å². The van der Waals surface area contributed by atoms with Crippen LogP contribution in [-0.2, 0) is 6.54 Å². The third-order valence-corrected chi connectivity index (χ3v) is 2.02. The number of para-hydroxylation sites is 1. The van der Waals surface area contributed by atoms with E-state index in [9.17, 15) is 4.79 Å². The molecule has 0 N–H and O–H groups in total. The Labute approximate surface area is 81.0 Å². The number of nitrogens with zero attached hydrogens (tertiary/aromatic N) is 2. The lowest BCUT2D eigenvalue weighted by molar-refractivity contribution is 0.837. The average Bonchev–Trinajstić information content (AvgIpc) is 2.23. The largest absolute Gasteiger partial charge is 0.320 e. The normalized spacial score (nSPS) is 9.93. The summed E-state index contributed by atoms with van der Waals surface area (Å²) in [6.07, 6.45) is 6.69. The summed E-state index contributed by atoms with van der Waals surface area (Å²) in [5.41, 5.74) is 0.610. The third kappa shape index (κ3) is 1.27. The Morgan fingerprint density at radius 3 is 3.00 bits per heavy atom. The number of hydrogen-bond acceptors (Lipinski definition) is 2. The van der Waals surface area contributed by atoms with Gasteiger partial charge in [0.1, 0.15) is 6.33 Å². The monoisotopic (exact) mass is 184 g/mol. The molecule has 2 rings (SSSR count). The minimum absolute atomic E-state index is 0.214. The second-order valence-corrected chi connectivity index (χ2v) is 2.90. The number of fused-ring (bicyclic) bond motifs is 1. The fourth-order valence-electron chi connectivity index (χ4n) is 1.38. The van der Waals surface area contributed by atoms with Crippen molar-refractivity contribution < 1.29 is 0 Å². The summed E-state index contributed by atoms with van der Waals surface area (Å²) in [6.45, 7) is 0.424. The van der Waals surface area contributed by atoms with Gasteiger partial charge >= 0.3 is 0 Å². The molecule has 3 heteroatoms. The zero-order valence-electron chi connectivity index (χ0n) is 7.47. The van der Waals surface area contributed by atoms with Crippen molar-refractivity contribution in [2.75, 3.05) is 0 Å². The van der Waals surface area contributed by atoms with Gasteiger partial charge in [0, 0.05) is 0 Å². The highest BCUT2D eigenvalue weighted by molar-refractivity contribution is 5.77. The van der Waals surface area contributed by atoms with Crippen molar-refractivity contribution in [1.29, 1.82) is 0 Å². The predicted molar refractivity (Wildman–Crippen MR) is 54.8 cm³/mol. The molecule has 0 unspecified atom stereocenters. The minimum atomic E-state index is -0.214. The molecular formula is C11H8N2O. The smallest absolute Gasteiger partial charge is 0.280 e. The molecule has 14 heavy (non-hydrogen) atoms. The van der Waals surface area contributed by atoms with Crippen molar-refractivity contribution in [2.45, 2.75) is 6.54 Å². The Kier molecular flexibility index (Phi) is 2.04. The van der Waals surface area contributed by atoms with E-state index in [4.69, 9.17) is 6.42 Å². The van der Waals surface area contributed by atoms with Crippen LogP contribution in [0.15, 0.2) is 35.4 Å². The van der Waals surface area contributed by atoms with E-state index in [1.54, 1.807) is 10.6 Å². The SMILES string of the molecule is C#CCn1cnc(=O)c2ccccc21. The van der Waals surface area contributed by atoms with Crippen molar-refractivity contribution in [3.05, 3.63) is 40.9 Å². The van der Waals surface area contributed by atoms with Gasteiger partial charge in [-0.05, 0) is 12.1 Å². The molecule has 0 aliphatic heterocycles. The highest BCUT2D eigenvalue weighted by Gasteiger charge is 2.00. The van der Waals surface area contributed by atoms with Gasteiger partial charge in [0.2, 0.25) is 0 Å². The lowest BCUT2D eigenvalue weighted by Gasteiger charge is -2.04. The van der Waals surface area contributed by atoms with Crippen LogP contribution in [0.5, 0.6) is 0 Å². The van der Waals surface area contributed by atoms with E-state index in [0.717, 1.165) is 5.52 Å². The zero-order chi connectivity index (χ0) is 9.97. The average molecular weight is 184 g/mol. The molecule has 0 saturated carbocycles. The molecule has 0 fully saturated rings. The van der Waals surface area contributed by atoms with Crippen LogP contribution in [0.1, 0.15) is 0 Å². The zero-order valence-corrected chi connectivity index (χ0v) is 7.47. The molecule has 0 saturated heterocycles. The van der Waals surface area contributed by atoms with Crippen LogP contribution in [0.2, 0.25) is 0 Å². The van der Waals surface area contributed by atoms with Gasteiger partial charge < -0.3 is 4.57 Å². The maximum Gasteiger partial charge on any atom is 0.280 e. The Morgan fingerprint density at radius 1 is 1.43 bits per heavy atom. The van der Waals surface area contributed by atoms with Gasteiger partial charge in [-0.2, -0.15) is 4.98 Å². The van der Waals surface area contributed by atoms with E-state index >= 15 is 0 Å². The molecule has 0 bridgehead atoms. The number of hydrogen-bond donors (Lipinski definition) is 0. The van der Waals surface area contributed by atoms with Gasteiger partial charge in [0.25, 0.3) is 5.56 Å². The molecule has 0 aliphatic carbocycles. The summed E-state index contributed by atoms with van der Waals surface area (Å²) in [5, 5.41) is 0.602. The summed E-state index contributed by atoms with van der Waals surface area (Å²) in [4.78, 5) is 15.1. The van der Waals surface area contributed by atoms with Crippen LogP contribution in [0.4, 0.5) is 0 Å². The van der Waals surface area contributed by atoms with Crippen LogP contribution in [0, 0.1) is 12.3 Å². The molecule has 68 valence electrons. The first kappa shape index (κ1) is 8.52. The molecule has 2 aromatic rings. The number of rotatable bonds is 1. The molecule has 0 radical (unpaired) electrons. The third-order valence-electron chi connectivity index (χ3n) is 2.02. The molecule has 0 spiro atoms. The van der Waals surface area contributed by atoms with Crippen LogP contribution in [0.25, 0.3) is 10.9 Å². The maximum atomic E-state index is 11.4. The summed E-state index contributed by atoms with van der Waals surface area (Å²) >= 11 is 0. The van der Waals surface area contributed by atoms with Crippen molar-refractivity contribution in [3.63, 3.8) is 0 Å². The number of benzene rings is 1. The topological polar surface area (TPSA) is 34.9 Å². The molecule has 1 aromatic heterocycles. The fraction of sp³-hybridized carbons (Fsp3) is 0.0909. The van der Waals surface area contributed by atoms with E-state index < -0.39 is 0 Å². The fourth-order valence-corrected chi connectivity index (χ4v) is 1.38.